The number of hydrogen-bond donors (Lipinski definition) is 0. The van der Waals surface area contributed by atoms with Gasteiger partial charge in [-0.15, -0.1) is 0 Å². The average molecular weight is 255 g/mol. The summed E-state index contributed by atoms with van der Waals surface area (Å²) in [5, 5.41) is 0. The summed E-state index contributed by atoms with van der Waals surface area (Å²) in [4.78, 5) is 2.80. The second-order valence-corrected chi connectivity index (χ2v) is 5.39. The van der Waals surface area contributed by atoms with Crippen molar-refractivity contribution in [2.24, 2.45) is 0 Å². The highest BCUT2D eigenvalue weighted by Crippen LogP contribution is 2.23. The molecule has 0 heterocycles. The fourth-order valence-electron chi connectivity index (χ4n) is 2.85. The van der Waals surface area contributed by atoms with Gasteiger partial charge in [-0.25, -0.2) is 0 Å². The first-order valence-corrected chi connectivity index (χ1v) is 8.62. The van der Waals surface area contributed by atoms with E-state index in [-0.39, 0.29) is 0 Å². The molecule has 1 aliphatic carbocycles. The van der Waals surface area contributed by atoms with Gasteiger partial charge in [0, 0.05) is 6.04 Å². The Kier molecular flexibility index (Phi) is 13.4. The topological polar surface area (TPSA) is 3.24 Å². The van der Waals surface area contributed by atoms with Crippen LogP contribution in [0.4, 0.5) is 0 Å². The maximum absolute atomic E-state index is 2.80. The predicted molar refractivity (Wildman–Crippen MR) is 84.2 cm³/mol. The molecule has 0 aromatic heterocycles. The van der Waals surface area contributed by atoms with E-state index in [0.717, 1.165) is 6.04 Å². The Morgan fingerprint density at radius 1 is 0.778 bits per heavy atom. The smallest absolute Gasteiger partial charge is 0.00952 e. The Morgan fingerprint density at radius 2 is 1.33 bits per heavy atom. The molecule has 0 bridgehead atoms. The first kappa shape index (κ1) is 18.0. The van der Waals surface area contributed by atoms with Crippen LogP contribution in [-0.2, 0) is 0 Å². The maximum Gasteiger partial charge on any atom is 0.00952 e. The summed E-state index contributed by atoms with van der Waals surface area (Å²) in [6, 6.07) is 0.928. The van der Waals surface area contributed by atoms with E-state index >= 15 is 0 Å². The van der Waals surface area contributed by atoms with Crippen LogP contribution in [0.15, 0.2) is 0 Å². The molecule has 0 saturated heterocycles. The van der Waals surface area contributed by atoms with Crippen molar-refractivity contribution in [3.8, 4) is 0 Å². The maximum atomic E-state index is 2.80. The first-order chi connectivity index (χ1) is 8.88. The van der Waals surface area contributed by atoms with Crippen LogP contribution in [0.5, 0.6) is 0 Å². The van der Waals surface area contributed by atoms with Crippen molar-refractivity contribution in [2.45, 2.75) is 97.9 Å². The van der Waals surface area contributed by atoms with E-state index in [4.69, 9.17) is 0 Å². The highest BCUT2D eigenvalue weighted by molar-refractivity contribution is 4.75. The average Bonchev–Trinajstić information content (AvgIpc) is 2.46. The second kappa shape index (κ2) is 13.4. The molecule has 0 aliphatic heterocycles. The Labute approximate surface area is 116 Å². The third-order valence-electron chi connectivity index (χ3n) is 3.94. The lowest BCUT2D eigenvalue weighted by atomic mass is 9.93. The van der Waals surface area contributed by atoms with Gasteiger partial charge in [-0.3, -0.25) is 0 Å². The molecule has 1 rings (SSSR count). The van der Waals surface area contributed by atoms with Crippen molar-refractivity contribution in [1.82, 2.24) is 4.90 Å². The summed E-state index contributed by atoms with van der Waals surface area (Å²) in [5.74, 6) is 0. The largest absolute Gasteiger partial charge is 0.300 e. The van der Waals surface area contributed by atoms with Gasteiger partial charge in [0.2, 0.25) is 0 Å². The van der Waals surface area contributed by atoms with Crippen LogP contribution < -0.4 is 0 Å². The van der Waals surface area contributed by atoms with Crippen LogP contribution in [0.1, 0.15) is 91.9 Å². The summed E-state index contributed by atoms with van der Waals surface area (Å²) in [6.45, 7) is 11.3. The van der Waals surface area contributed by atoms with E-state index in [1.54, 1.807) is 0 Å². The van der Waals surface area contributed by atoms with Crippen molar-refractivity contribution in [2.75, 3.05) is 13.1 Å². The van der Waals surface area contributed by atoms with Crippen LogP contribution in [-0.4, -0.2) is 24.0 Å². The molecule has 0 N–H and O–H groups in total. The van der Waals surface area contributed by atoms with Crippen LogP contribution >= 0.6 is 0 Å². The molecular formula is C17H37N. The number of nitrogens with zero attached hydrogens (tertiary/aromatic N) is 1. The second-order valence-electron chi connectivity index (χ2n) is 5.39. The van der Waals surface area contributed by atoms with Gasteiger partial charge in [-0.1, -0.05) is 66.2 Å². The number of unbranched alkanes of at least 4 members (excludes halogenated alkanes) is 3. The minimum absolute atomic E-state index is 0.928. The molecule has 1 nitrogen and oxygen atoms in total. The van der Waals surface area contributed by atoms with E-state index in [9.17, 15) is 0 Å². The minimum atomic E-state index is 0.928. The molecule has 18 heavy (non-hydrogen) atoms. The lowest BCUT2D eigenvalue weighted by Crippen LogP contribution is -2.38. The van der Waals surface area contributed by atoms with E-state index in [1.165, 1.54) is 77.3 Å². The highest BCUT2D eigenvalue weighted by Gasteiger charge is 2.19. The summed E-state index contributed by atoms with van der Waals surface area (Å²) in [7, 11) is 0. The van der Waals surface area contributed by atoms with Crippen LogP contribution in [0.2, 0.25) is 0 Å². The van der Waals surface area contributed by atoms with Crippen LogP contribution in [0.3, 0.4) is 0 Å². The minimum Gasteiger partial charge on any atom is -0.300 e. The molecule has 0 radical (unpaired) electrons. The Balaban J connectivity index is 0.00000137. The normalized spacial score (nSPS) is 16.5. The van der Waals surface area contributed by atoms with Gasteiger partial charge in [0.05, 0.1) is 0 Å². The van der Waals surface area contributed by atoms with E-state index in [1.807, 2.05) is 13.8 Å². The molecule has 1 aliphatic rings. The first-order valence-electron chi connectivity index (χ1n) is 8.62. The molecule has 0 amide bonds. The Morgan fingerprint density at radius 3 is 1.89 bits per heavy atom. The van der Waals surface area contributed by atoms with Gasteiger partial charge < -0.3 is 4.90 Å². The number of rotatable bonds is 8. The predicted octanol–water partition coefficient (Wildman–Crippen LogP) is 5.64. The fourth-order valence-corrected chi connectivity index (χ4v) is 2.85. The quantitative estimate of drug-likeness (QED) is 0.507. The van der Waals surface area contributed by atoms with Crippen molar-refractivity contribution in [1.29, 1.82) is 0 Å². The zero-order valence-corrected chi connectivity index (χ0v) is 13.5. The zero-order chi connectivity index (χ0) is 13.6. The third-order valence-corrected chi connectivity index (χ3v) is 3.94. The van der Waals surface area contributed by atoms with Gasteiger partial charge in [0.1, 0.15) is 0 Å². The van der Waals surface area contributed by atoms with E-state index < -0.39 is 0 Å². The molecule has 1 heteroatoms. The lowest BCUT2D eigenvalue weighted by Gasteiger charge is -2.34. The summed E-state index contributed by atoms with van der Waals surface area (Å²) in [6.07, 6.45) is 14.3. The molecule has 0 spiro atoms. The van der Waals surface area contributed by atoms with Crippen molar-refractivity contribution >= 4 is 0 Å². The van der Waals surface area contributed by atoms with Gasteiger partial charge in [0.25, 0.3) is 0 Å². The molecule has 0 unspecified atom stereocenters. The summed E-state index contributed by atoms with van der Waals surface area (Å²) < 4.78 is 0. The monoisotopic (exact) mass is 255 g/mol. The molecule has 110 valence electrons. The third kappa shape index (κ3) is 8.13. The SMILES string of the molecule is CC.CCCCCN(CCCC)C1CCCCC1. The molecule has 0 aromatic rings. The van der Waals surface area contributed by atoms with Gasteiger partial charge in [-0.2, -0.15) is 0 Å². The highest BCUT2D eigenvalue weighted by atomic mass is 15.1. The van der Waals surface area contributed by atoms with Gasteiger partial charge in [-0.05, 0) is 38.8 Å². The van der Waals surface area contributed by atoms with Crippen LogP contribution in [0, 0.1) is 0 Å². The summed E-state index contributed by atoms with van der Waals surface area (Å²) in [5.41, 5.74) is 0. The van der Waals surface area contributed by atoms with E-state index in [2.05, 4.69) is 18.7 Å². The van der Waals surface area contributed by atoms with Crippen molar-refractivity contribution < 1.29 is 0 Å². The molecule has 0 atom stereocenters. The van der Waals surface area contributed by atoms with Crippen molar-refractivity contribution in [3.63, 3.8) is 0 Å². The fraction of sp³-hybridized carbons (Fsp3) is 1.00. The zero-order valence-electron chi connectivity index (χ0n) is 13.5. The van der Waals surface area contributed by atoms with Crippen molar-refractivity contribution in [3.05, 3.63) is 0 Å². The van der Waals surface area contributed by atoms with Gasteiger partial charge >= 0.3 is 0 Å². The number of hydrogen-bond acceptors (Lipinski definition) is 1. The molecule has 1 fully saturated rings. The lowest BCUT2D eigenvalue weighted by molar-refractivity contribution is 0.151. The Bertz CT molecular complexity index is 150. The standard InChI is InChI=1S/C15H31N.C2H6/c1-3-5-10-14-16(13-6-4-2)15-11-8-7-9-12-15;1-2/h15H,3-14H2,1-2H3;1-2H3. The molecule has 1 saturated carbocycles. The Hall–Kier alpha value is -0.0400. The van der Waals surface area contributed by atoms with Gasteiger partial charge in [0.15, 0.2) is 0 Å². The summed E-state index contributed by atoms with van der Waals surface area (Å²) >= 11 is 0. The molecule has 0 aromatic carbocycles. The van der Waals surface area contributed by atoms with Crippen LogP contribution in [0.25, 0.3) is 0 Å². The van der Waals surface area contributed by atoms with E-state index in [0.29, 0.717) is 0 Å². The molecular weight excluding hydrogens is 218 g/mol.